The number of ketones is 1. The van der Waals surface area contributed by atoms with Crippen molar-refractivity contribution in [2.45, 2.75) is 39.4 Å². The molecule has 0 aromatic rings. The van der Waals surface area contributed by atoms with E-state index in [4.69, 9.17) is 0 Å². The zero-order valence-corrected chi connectivity index (χ0v) is 11.6. The van der Waals surface area contributed by atoms with Gasteiger partial charge in [0.1, 0.15) is 5.78 Å². The second-order valence-electron chi connectivity index (χ2n) is 4.64. The highest BCUT2D eigenvalue weighted by Gasteiger charge is 2.40. The third-order valence-corrected chi connectivity index (χ3v) is 4.21. The zero-order chi connectivity index (χ0) is 14.7. The molecule has 0 saturated heterocycles. The fourth-order valence-electron chi connectivity index (χ4n) is 1.52. The largest absolute Gasteiger partial charge is 0.404 e. The first kappa shape index (κ1) is 17.4. The molecule has 0 amide bonds. The molecule has 4 nitrogen and oxygen atoms in total. The highest BCUT2D eigenvalue weighted by atomic mass is 32.2. The number of hydrogen-bond acceptors (Lipinski definition) is 3. The number of halogens is 3. The van der Waals surface area contributed by atoms with Gasteiger partial charge in [0, 0.05) is 7.05 Å². The van der Waals surface area contributed by atoms with Crippen LogP contribution in [-0.4, -0.2) is 43.5 Å². The van der Waals surface area contributed by atoms with Crippen LogP contribution in [-0.2, 0) is 14.8 Å². The molecular weight excluding hydrogens is 271 g/mol. The fraction of sp³-hybridized carbons (Fsp3) is 0.900. The first-order chi connectivity index (χ1) is 7.87. The SMILES string of the molecule is CC(=O)[C@@H](CC(C)C)N(C)S(=O)(=O)CC(F)(F)F. The lowest BCUT2D eigenvalue weighted by Crippen LogP contribution is -2.45. The first-order valence-electron chi connectivity index (χ1n) is 5.39. The number of Topliss-reactive ketones (excluding diaryl/α,β-unsaturated/α-hetero) is 1. The fourth-order valence-corrected chi connectivity index (χ4v) is 2.76. The van der Waals surface area contributed by atoms with E-state index in [0.717, 1.165) is 7.05 Å². The Morgan fingerprint density at radius 2 is 1.72 bits per heavy atom. The number of carbonyl (C=O) groups is 1. The Kier molecular flexibility index (Phi) is 5.80. The van der Waals surface area contributed by atoms with Crippen molar-refractivity contribution >= 4 is 15.8 Å². The Hall–Kier alpha value is -0.630. The summed E-state index contributed by atoms with van der Waals surface area (Å²) in [6.45, 7) is 4.70. The molecule has 0 saturated carbocycles. The molecule has 0 aliphatic carbocycles. The van der Waals surface area contributed by atoms with Crippen LogP contribution in [0.25, 0.3) is 0 Å². The third kappa shape index (κ3) is 5.81. The third-order valence-electron chi connectivity index (χ3n) is 2.39. The normalized spacial score (nSPS) is 15.2. The standard InChI is InChI=1S/C10H18F3NO3S/c1-7(2)5-9(8(3)15)14(4)18(16,17)6-10(11,12)13/h7,9H,5-6H2,1-4H3/t9-/m1/s1. The van der Waals surface area contributed by atoms with Crippen molar-refractivity contribution in [3.63, 3.8) is 0 Å². The van der Waals surface area contributed by atoms with Crippen LogP contribution in [0.2, 0.25) is 0 Å². The van der Waals surface area contributed by atoms with Crippen molar-refractivity contribution in [1.82, 2.24) is 4.31 Å². The summed E-state index contributed by atoms with van der Waals surface area (Å²) in [5, 5.41) is 0. The van der Waals surface area contributed by atoms with Crippen molar-refractivity contribution in [2.75, 3.05) is 12.8 Å². The number of rotatable bonds is 6. The molecule has 1 atom stereocenters. The lowest BCUT2D eigenvalue weighted by atomic mass is 10.0. The topological polar surface area (TPSA) is 54.5 Å². The first-order valence-corrected chi connectivity index (χ1v) is 7.00. The molecule has 0 fully saturated rings. The molecule has 0 unspecified atom stereocenters. The molecule has 0 aromatic carbocycles. The predicted octanol–water partition coefficient (Wildman–Crippen LogP) is 1.81. The maximum absolute atomic E-state index is 12.1. The molecule has 0 N–H and O–H groups in total. The van der Waals surface area contributed by atoms with Crippen molar-refractivity contribution in [3.05, 3.63) is 0 Å². The molecule has 0 radical (unpaired) electrons. The monoisotopic (exact) mass is 289 g/mol. The lowest BCUT2D eigenvalue weighted by Gasteiger charge is -2.27. The van der Waals surface area contributed by atoms with Crippen molar-refractivity contribution < 1.29 is 26.4 Å². The Balaban J connectivity index is 5.08. The summed E-state index contributed by atoms with van der Waals surface area (Å²) in [5.74, 6) is -2.40. The van der Waals surface area contributed by atoms with E-state index in [2.05, 4.69) is 0 Å². The maximum Gasteiger partial charge on any atom is 0.404 e. The summed E-state index contributed by atoms with van der Waals surface area (Å²) in [4.78, 5) is 11.3. The lowest BCUT2D eigenvalue weighted by molar-refractivity contribution is -0.121. The van der Waals surface area contributed by atoms with Gasteiger partial charge < -0.3 is 0 Å². The molecule has 0 rings (SSSR count). The number of sulfonamides is 1. The quantitative estimate of drug-likeness (QED) is 0.749. The molecule has 108 valence electrons. The second kappa shape index (κ2) is 6.01. The summed E-state index contributed by atoms with van der Waals surface area (Å²) in [7, 11) is -3.51. The van der Waals surface area contributed by atoms with Crippen LogP contribution >= 0.6 is 0 Å². The van der Waals surface area contributed by atoms with Gasteiger partial charge in [0.25, 0.3) is 0 Å². The van der Waals surface area contributed by atoms with Crippen LogP contribution in [0, 0.1) is 5.92 Å². The Morgan fingerprint density at radius 3 is 2.00 bits per heavy atom. The van der Waals surface area contributed by atoms with Gasteiger partial charge in [-0.05, 0) is 19.3 Å². The average Bonchev–Trinajstić information content (AvgIpc) is 2.08. The van der Waals surface area contributed by atoms with E-state index in [0.29, 0.717) is 4.31 Å². The minimum atomic E-state index is -4.81. The molecular formula is C10H18F3NO3S. The van der Waals surface area contributed by atoms with E-state index in [1.807, 2.05) is 0 Å². The van der Waals surface area contributed by atoms with Gasteiger partial charge >= 0.3 is 6.18 Å². The summed E-state index contributed by atoms with van der Waals surface area (Å²) in [6.07, 6.45) is -4.62. The summed E-state index contributed by atoms with van der Waals surface area (Å²) < 4.78 is 60.0. The van der Waals surface area contributed by atoms with Gasteiger partial charge in [-0.1, -0.05) is 13.8 Å². The van der Waals surface area contributed by atoms with Gasteiger partial charge in [0.05, 0.1) is 6.04 Å². The Morgan fingerprint density at radius 1 is 1.28 bits per heavy atom. The van der Waals surface area contributed by atoms with Crippen LogP contribution in [0.3, 0.4) is 0 Å². The Bertz CT molecular complexity index is 390. The van der Waals surface area contributed by atoms with E-state index < -0.39 is 33.8 Å². The maximum atomic E-state index is 12.1. The molecule has 0 heterocycles. The number of likely N-dealkylation sites (N-methyl/N-ethyl adjacent to an activating group) is 1. The van der Waals surface area contributed by atoms with Crippen LogP contribution in [0.4, 0.5) is 13.2 Å². The van der Waals surface area contributed by atoms with Gasteiger partial charge in [-0.25, -0.2) is 8.42 Å². The molecule has 0 aromatic heterocycles. The smallest absolute Gasteiger partial charge is 0.298 e. The van der Waals surface area contributed by atoms with Crippen molar-refractivity contribution in [2.24, 2.45) is 5.92 Å². The number of carbonyl (C=O) groups excluding carboxylic acids is 1. The number of hydrogen-bond donors (Lipinski definition) is 0. The summed E-state index contributed by atoms with van der Waals surface area (Å²) in [5.41, 5.74) is 0. The van der Waals surface area contributed by atoms with Gasteiger partial charge in [-0.3, -0.25) is 4.79 Å². The van der Waals surface area contributed by atoms with Crippen LogP contribution in [0.5, 0.6) is 0 Å². The zero-order valence-electron chi connectivity index (χ0n) is 10.8. The van der Waals surface area contributed by atoms with E-state index in [1.54, 1.807) is 13.8 Å². The molecule has 0 aliphatic heterocycles. The van der Waals surface area contributed by atoms with Crippen molar-refractivity contribution in [3.8, 4) is 0 Å². The highest BCUT2D eigenvalue weighted by molar-refractivity contribution is 7.89. The molecule has 18 heavy (non-hydrogen) atoms. The minimum Gasteiger partial charge on any atom is -0.298 e. The average molecular weight is 289 g/mol. The number of nitrogens with zero attached hydrogens (tertiary/aromatic N) is 1. The summed E-state index contributed by atoms with van der Waals surface area (Å²) >= 11 is 0. The van der Waals surface area contributed by atoms with Crippen LogP contribution in [0.15, 0.2) is 0 Å². The molecule has 8 heteroatoms. The van der Waals surface area contributed by atoms with Crippen LogP contribution in [0.1, 0.15) is 27.2 Å². The highest BCUT2D eigenvalue weighted by Crippen LogP contribution is 2.22. The molecule has 0 spiro atoms. The second-order valence-corrected chi connectivity index (χ2v) is 6.67. The molecule has 0 aliphatic rings. The summed E-state index contributed by atoms with van der Waals surface area (Å²) in [6, 6.07) is -1.04. The van der Waals surface area contributed by atoms with E-state index >= 15 is 0 Å². The van der Waals surface area contributed by atoms with E-state index in [-0.39, 0.29) is 12.3 Å². The van der Waals surface area contributed by atoms with E-state index in [1.165, 1.54) is 6.92 Å². The van der Waals surface area contributed by atoms with Gasteiger partial charge in [0.2, 0.25) is 10.0 Å². The number of alkyl halides is 3. The van der Waals surface area contributed by atoms with Gasteiger partial charge in [-0.15, -0.1) is 0 Å². The minimum absolute atomic E-state index is 0.00226. The van der Waals surface area contributed by atoms with Crippen LogP contribution < -0.4 is 0 Å². The van der Waals surface area contributed by atoms with E-state index in [9.17, 15) is 26.4 Å². The van der Waals surface area contributed by atoms with Gasteiger partial charge in [0.15, 0.2) is 5.75 Å². The van der Waals surface area contributed by atoms with Gasteiger partial charge in [-0.2, -0.15) is 17.5 Å². The predicted molar refractivity (Wildman–Crippen MR) is 61.5 cm³/mol. The van der Waals surface area contributed by atoms with Crippen molar-refractivity contribution in [1.29, 1.82) is 0 Å². The molecule has 0 bridgehead atoms. The Labute approximate surface area is 105 Å².